The van der Waals surface area contributed by atoms with E-state index < -0.39 is 5.56 Å². The highest BCUT2D eigenvalue weighted by Crippen LogP contribution is 2.30. The van der Waals surface area contributed by atoms with Gasteiger partial charge in [-0.2, -0.15) is 4.98 Å². The Morgan fingerprint density at radius 1 is 1.08 bits per heavy atom. The van der Waals surface area contributed by atoms with Crippen LogP contribution in [0.3, 0.4) is 0 Å². The molecule has 38 heavy (non-hydrogen) atoms. The molecule has 2 N–H and O–H groups in total. The van der Waals surface area contributed by atoms with E-state index in [2.05, 4.69) is 39.4 Å². The van der Waals surface area contributed by atoms with Gasteiger partial charge in [0.15, 0.2) is 5.65 Å². The van der Waals surface area contributed by atoms with E-state index in [9.17, 15) is 4.79 Å². The number of rotatable bonds is 4. The molecule has 1 saturated heterocycles. The largest absolute Gasteiger partial charge is 0.366 e. The molecule has 1 aliphatic heterocycles. The van der Waals surface area contributed by atoms with Crippen LogP contribution >= 0.6 is 23.2 Å². The summed E-state index contributed by atoms with van der Waals surface area (Å²) in [6, 6.07) is 10.5. The van der Waals surface area contributed by atoms with Crippen LogP contribution in [0.1, 0.15) is 13.8 Å². The Hall–Kier alpha value is -3.73. The average Bonchev–Trinajstić information content (AvgIpc) is 3.35. The zero-order valence-electron chi connectivity index (χ0n) is 20.5. The van der Waals surface area contributed by atoms with Crippen LogP contribution < -0.4 is 21.1 Å². The second-order valence-electron chi connectivity index (χ2n) is 9.40. The molecule has 0 bridgehead atoms. The van der Waals surface area contributed by atoms with Gasteiger partial charge < -0.3 is 15.5 Å². The van der Waals surface area contributed by atoms with E-state index in [1.807, 2.05) is 4.90 Å². The highest BCUT2D eigenvalue weighted by Gasteiger charge is 2.23. The van der Waals surface area contributed by atoms with E-state index in [0.29, 0.717) is 32.8 Å². The van der Waals surface area contributed by atoms with E-state index in [0.717, 1.165) is 13.1 Å². The van der Waals surface area contributed by atoms with Crippen LogP contribution in [-0.2, 0) is 0 Å². The number of nitrogens with one attached hydrogen (secondary N) is 2. The van der Waals surface area contributed by atoms with Gasteiger partial charge in [0.05, 0.1) is 21.4 Å². The van der Waals surface area contributed by atoms with Gasteiger partial charge in [-0.25, -0.2) is 18.9 Å². The number of benzene rings is 2. The van der Waals surface area contributed by atoms with Crippen LogP contribution in [0.4, 0.5) is 21.7 Å². The van der Waals surface area contributed by atoms with Crippen LogP contribution in [0, 0.1) is 5.82 Å². The third-order valence-electron chi connectivity index (χ3n) is 6.51. The first-order valence-electron chi connectivity index (χ1n) is 12.1. The fourth-order valence-electron chi connectivity index (χ4n) is 5.00. The molecule has 1 fully saturated rings. The SMILES string of the molecule is C[C@@H]1CN(c2ccc(Nc3ncc4c(=O)n(-c5c(Cl)cccc5Cl)c5nccn5c4n3)cc2F)C[C@H](C)N1. The van der Waals surface area contributed by atoms with Gasteiger partial charge in [0.1, 0.15) is 11.2 Å². The molecule has 0 radical (unpaired) electrons. The number of nitrogens with zero attached hydrogens (tertiary/aromatic N) is 6. The van der Waals surface area contributed by atoms with Gasteiger partial charge in [0.2, 0.25) is 11.7 Å². The van der Waals surface area contributed by atoms with Crippen LogP contribution in [0.5, 0.6) is 0 Å². The highest BCUT2D eigenvalue weighted by atomic mass is 35.5. The fourth-order valence-corrected chi connectivity index (χ4v) is 5.57. The lowest BCUT2D eigenvalue weighted by atomic mass is 10.1. The first-order chi connectivity index (χ1) is 18.3. The number of hydrogen-bond donors (Lipinski definition) is 2. The van der Waals surface area contributed by atoms with Crippen LogP contribution in [0.2, 0.25) is 10.0 Å². The summed E-state index contributed by atoms with van der Waals surface area (Å²) in [5.41, 5.74) is 1.27. The molecule has 3 aromatic heterocycles. The molecule has 1 aliphatic rings. The number of halogens is 3. The smallest absolute Gasteiger partial charge is 0.270 e. The molecule has 4 heterocycles. The summed E-state index contributed by atoms with van der Waals surface area (Å²) in [6.45, 7) is 5.62. The van der Waals surface area contributed by atoms with Crippen molar-refractivity contribution in [2.75, 3.05) is 23.3 Å². The normalized spacial score (nSPS) is 17.9. The first-order valence-corrected chi connectivity index (χ1v) is 12.8. The molecular weight excluding hydrogens is 530 g/mol. The lowest BCUT2D eigenvalue weighted by Gasteiger charge is -2.37. The second-order valence-corrected chi connectivity index (χ2v) is 10.2. The van der Waals surface area contributed by atoms with Crippen molar-refractivity contribution in [1.82, 2.24) is 29.2 Å². The molecule has 6 rings (SSSR count). The standard InChI is InChI=1S/C26H23Cl2FN8O/c1-14-12-35(13-15(2)32-14)21-7-6-16(10-20(21)29)33-25-31-11-17-23(34-25)36-9-8-30-26(36)37(24(17)38)22-18(27)4-3-5-19(22)28/h3-11,14-15,32H,12-13H2,1-2H3,(H,31,33,34)/t14-,15+. The summed E-state index contributed by atoms with van der Waals surface area (Å²) in [6.07, 6.45) is 4.65. The van der Waals surface area contributed by atoms with Gasteiger partial charge >= 0.3 is 0 Å². The molecule has 0 spiro atoms. The molecule has 12 heteroatoms. The number of para-hydroxylation sites is 1. The fraction of sp³-hybridized carbons (Fsp3) is 0.231. The molecule has 0 unspecified atom stereocenters. The quantitative estimate of drug-likeness (QED) is 0.330. The summed E-state index contributed by atoms with van der Waals surface area (Å²) < 4.78 is 18.1. The number of aromatic nitrogens is 5. The molecule has 0 saturated carbocycles. The van der Waals surface area contributed by atoms with E-state index in [1.54, 1.807) is 47.1 Å². The summed E-state index contributed by atoms with van der Waals surface area (Å²) in [5, 5.41) is 7.35. The van der Waals surface area contributed by atoms with E-state index in [4.69, 9.17) is 23.2 Å². The molecule has 9 nitrogen and oxygen atoms in total. The predicted octanol–water partition coefficient (Wildman–Crippen LogP) is 4.80. The average molecular weight is 553 g/mol. The van der Waals surface area contributed by atoms with Crippen molar-refractivity contribution in [3.63, 3.8) is 0 Å². The van der Waals surface area contributed by atoms with E-state index >= 15 is 4.39 Å². The monoisotopic (exact) mass is 552 g/mol. The van der Waals surface area contributed by atoms with Crippen molar-refractivity contribution in [1.29, 1.82) is 0 Å². The number of hydrogen-bond acceptors (Lipinski definition) is 7. The van der Waals surface area contributed by atoms with Crippen molar-refractivity contribution in [3.8, 4) is 5.69 Å². The molecule has 0 aliphatic carbocycles. The zero-order chi connectivity index (χ0) is 26.6. The van der Waals surface area contributed by atoms with Crippen molar-refractivity contribution in [2.45, 2.75) is 25.9 Å². The first kappa shape index (κ1) is 24.6. The Balaban J connectivity index is 1.38. The Labute approximate surface area is 226 Å². The number of imidazole rings is 1. The maximum atomic E-state index is 15.1. The van der Waals surface area contributed by atoms with Crippen molar-refractivity contribution >= 4 is 57.3 Å². The number of fused-ring (bicyclic) bond motifs is 3. The number of anilines is 3. The molecular formula is C26H23Cl2FN8O. The molecule has 2 atom stereocenters. The maximum absolute atomic E-state index is 15.1. The molecule has 2 aromatic carbocycles. The number of piperazine rings is 1. The Morgan fingerprint density at radius 3 is 2.53 bits per heavy atom. The second kappa shape index (κ2) is 9.54. The van der Waals surface area contributed by atoms with Gasteiger partial charge in [0.25, 0.3) is 5.56 Å². The van der Waals surface area contributed by atoms with Gasteiger partial charge in [-0.1, -0.05) is 29.3 Å². The van der Waals surface area contributed by atoms with Crippen LogP contribution in [0.15, 0.2) is 59.8 Å². The van der Waals surface area contributed by atoms with Gasteiger partial charge in [-0.15, -0.1) is 0 Å². The summed E-state index contributed by atoms with van der Waals surface area (Å²) in [5.74, 6) is 0.155. The third kappa shape index (κ3) is 4.24. The van der Waals surface area contributed by atoms with Gasteiger partial charge in [0, 0.05) is 49.5 Å². The molecule has 194 valence electrons. The maximum Gasteiger partial charge on any atom is 0.270 e. The minimum absolute atomic E-state index is 0.206. The predicted molar refractivity (Wildman–Crippen MR) is 148 cm³/mol. The summed E-state index contributed by atoms with van der Waals surface area (Å²) in [7, 11) is 0. The van der Waals surface area contributed by atoms with Crippen molar-refractivity contribution < 1.29 is 4.39 Å². The Bertz CT molecular complexity index is 1720. The van der Waals surface area contributed by atoms with Crippen LogP contribution in [-0.4, -0.2) is 49.1 Å². The minimum atomic E-state index is -0.421. The topological polar surface area (TPSA) is 92.4 Å². The minimum Gasteiger partial charge on any atom is -0.366 e. The zero-order valence-corrected chi connectivity index (χ0v) is 22.0. The third-order valence-corrected chi connectivity index (χ3v) is 7.12. The lowest BCUT2D eigenvalue weighted by Crippen LogP contribution is -2.54. The van der Waals surface area contributed by atoms with Gasteiger partial charge in [-0.05, 0) is 44.2 Å². The summed E-state index contributed by atoms with van der Waals surface area (Å²) in [4.78, 5) is 28.8. The van der Waals surface area contributed by atoms with Crippen LogP contribution in [0.25, 0.3) is 22.5 Å². The lowest BCUT2D eigenvalue weighted by molar-refractivity contribution is 0.404. The molecule has 5 aromatic rings. The summed E-state index contributed by atoms with van der Waals surface area (Å²) >= 11 is 12.8. The van der Waals surface area contributed by atoms with Gasteiger partial charge in [-0.3, -0.25) is 9.20 Å². The Kier molecular flexibility index (Phi) is 6.17. The highest BCUT2D eigenvalue weighted by molar-refractivity contribution is 6.37. The molecule has 0 amide bonds. The van der Waals surface area contributed by atoms with Crippen molar-refractivity contribution in [2.24, 2.45) is 0 Å². The van der Waals surface area contributed by atoms with Crippen molar-refractivity contribution in [3.05, 3.63) is 81.2 Å². The Morgan fingerprint density at radius 2 is 1.82 bits per heavy atom. The van der Waals surface area contributed by atoms with E-state index in [1.165, 1.54) is 16.8 Å². The van der Waals surface area contributed by atoms with E-state index in [-0.39, 0.29) is 35.0 Å².